The number of ether oxygens (including phenoxy) is 1. The topological polar surface area (TPSA) is 57.7 Å². The van der Waals surface area contributed by atoms with E-state index in [2.05, 4.69) is 29.0 Å². The number of fused-ring (bicyclic) bond motifs is 1. The average molecular weight is 419 g/mol. The number of anilines is 1. The van der Waals surface area contributed by atoms with Gasteiger partial charge < -0.3 is 15.0 Å². The van der Waals surface area contributed by atoms with Crippen molar-refractivity contribution in [1.82, 2.24) is 14.8 Å². The van der Waals surface area contributed by atoms with Crippen molar-refractivity contribution in [3.05, 3.63) is 35.5 Å². The lowest BCUT2D eigenvalue weighted by Crippen LogP contribution is -2.51. The molecule has 0 bridgehead atoms. The molecular weight excluding hydrogens is 388 g/mol. The second kappa shape index (κ2) is 10.1. The molecule has 0 aliphatic carbocycles. The first-order valence-electron chi connectivity index (χ1n) is 10.4. The number of amides is 1. The molecule has 6 nitrogen and oxygen atoms in total. The lowest BCUT2D eigenvalue weighted by molar-refractivity contribution is 0.0781. The second-order valence-electron chi connectivity index (χ2n) is 7.98. The normalized spacial score (nSPS) is 16.2. The molecule has 1 amide bonds. The third-order valence-corrected chi connectivity index (χ3v) is 5.43. The molecule has 0 spiro atoms. The highest BCUT2D eigenvalue weighted by Gasteiger charge is 2.24. The van der Waals surface area contributed by atoms with E-state index in [4.69, 9.17) is 16.3 Å². The van der Waals surface area contributed by atoms with E-state index in [-0.39, 0.29) is 6.09 Å². The maximum atomic E-state index is 11.9. The van der Waals surface area contributed by atoms with E-state index in [0.29, 0.717) is 36.7 Å². The van der Waals surface area contributed by atoms with Gasteiger partial charge in [-0.15, -0.1) is 0 Å². The van der Waals surface area contributed by atoms with Gasteiger partial charge in [0.15, 0.2) is 0 Å². The van der Waals surface area contributed by atoms with Crippen molar-refractivity contribution < 1.29 is 9.53 Å². The van der Waals surface area contributed by atoms with Crippen LogP contribution in [0.5, 0.6) is 0 Å². The molecule has 1 aromatic heterocycles. The number of nitrogens with one attached hydrogen (secondary N) is 1. The van der Waals surface area contributed by atoms with Gasteiger partial charge in [0.2, 0.25) is 0 Å². The van der Waals surface area contributed by atoms with Crippen molar-refractivity contribution in [2.24, 2.45) is 5.92 Å². The van der Waals surface area contributed by atoms with Crippen LogP contribution < -0.4 is 5.32 Å². The van der Waals surface area contributed by atoms with E-state index in [0.717, 1.165) is 42.6 Å². The molecular formula is C22H31ClN4O2. The summed E-state index contributed by atoms with van der Waals surface area (Å²) in [5.41, 5.74) is 1.98. The average Bonchev–Trinajstić information content (AvgIpc) is 2.68. The first-order chi connectivity index (χ1) is 14.0. The van der Waals surface area contributed by atoms with Crippen LogP contribution in [-0.4, -0.2) is 66.2 Å². The van der Waals surface area contributed by atoms with Gasteiger partial charge in [-0.05, 0) is 43.5 Å². The van der Waals surface area contributed by atoms with Gasteiger partial charge in [-0.1, -0.05) is 25.4 Å². The number of pyridine rings is 1. The number of piperazine rings is 1. The molecule has 0 radical (unpaired) electrons. The lowest BCUT2D eigenvalue weighted by Gasteiger charge is -2.36. The van der Waals surface area contributed by atoms with Gasteiger partial charge in [0.1, 0.15) is 0 Å². The zero-order valence-electron chi connectivity index (χ0n) is 17.5. The van der Waals surface area contributed by atoms with Crippen molar-refractivity contribution in [3.8, 4) is 0 Å². The molecule has 1 saturated heterocycles. The van der Waals surface area contributed by atoms with Gasteiger partial charge in [-0.2, -0.15) is 0 Å². The van der Waals surface area contributed by atoms with Crippen LogP contribution in [0.1, 0.15) is 27.2 Å². The minimum atomic E-state index is -0.203. The summed E-state index contributed by atoms with van der Waals surface area (Å²) in [6.07, 6.45) is 2.69. The molecule has 7 heteroatoms. The van der Waals surface area contributed by atoms with E-state index in [1.54, 1.807) is 4.90 Å². The molecule has 2 aromatic rings. The number of nitrogens with zero attached hydrogens (tertiary/aromatic N) is 3. The van der Waals surface area contributed by atoms with E-state index in [1.807, 2.05) is 37.4 Å². The summed E-state index contributed by atoms with van der Waals surface area (Å²) in [4.78, 5) is 20.6. The Morgan fingerprint density at radius 3 is 2.69 bits per heavy atom. The van der Waals surface area contributed by atoms with Crippen LogP contribution in [0.4, 0.5) is 10.5 Å². The Bertz CT molecular complexity index is 822. The zero-order chi connectivity index (χ0) is 20.8. The van der Waals surface area contributed by atoms with Crippen molar-refractivity contribution in [2.45, 2.75) is 33.2 Å². The maximum absolute atomic E-state index is 11.9. The monoisotopic (exact) mass is 418 g/mol. The van der Waals surface area contributed by atoms with Crippen LogP contribution in [0.3, 0.4) is 0 Å². The van der Waals surface area contributed by atoms with Crippen LogP contribution >= 0.6 is 11.6 Å². The predicted molar refractivity (Wildman–Crippen MR) is 119 cm³/mol. The Balaban J connectivity index is 1.66. The number of rotatable bonds is 7. The van der Waals surface area contributed by atoms with Gasteiger partial charge in [0.25, 0.3) is 0 Å². The molecule has 1 atom stereocenters. The largest absolute Gasteiger partial charge is 0.450 e. The van der Waals surface area contributed by atoms with Crippen molar-refractivity contribution in [3.63, 3.8) is 0 Å². The van der Waals surface area contributed by atoms with Gasteiger partial charge in [-0.25, -0.2) is 4.79 Å². The molecule has 1 aliphatic heterocycles. The molecule has 1 aliphatic rings. The summed E-state index contributed by atoms with van der Waals surface area (Å²) >= 11 is 6.12. The molecule has 1 fully saturated rings. The smallest absolute Gasteiger partial charge is 0.409 e. The number of aromatic nitrogens is 1. The van der Waals surface area contributed by atoms with Gasteiger partial charge in [0, 0.05) is 61.1 Å². The standard InChI is InChI=1S/C22H31ClN4O2/c1-4-29-22(28)27-11-9-26(10-12-27)15-18(13-16(2)3)25-20-7-8-24-21-14-17(23)5-6-19(20)21/h5-8,14,16,18H,4,9-13,15H2,1-3H3,(H,24,25). The Kier molecular flexibility index (Phi) is 7.56. The number of carbonyl (C=O) groups is 1. The summed E-state index contributed by atoms with van der Waals surface area (Å²) in [5.74, 6) is 0.580. The van der Waals surface area contributed by atoms with Crippen LogP contribution in [-0.2, 0) is 4.74 Å². The fourth-order valence-electron chi connectivity index (χ4n) is 3.85. The highest BCUT2D eigenvalue weighted by molar-refractivity contribution is 6.31. The third-order valence-electron chi connectivity index (χ3n) is 5.20. The van der Waals surface area contributed by atoms with Crippen molar-refractivity contribution >= 4 is 34.3 Å². The number of hydrogen-bond donors (Lipinski definition) is 1. The van der Waals surface area contributed by atoms with E-state index in [9.17, 15) is 4.79 Å². The van der Waals surface area contributed by atoms with Crippen molar-refractivity contribution in [1.29, 1.82) is 0 Å². The van der Waals surface area contributed by atoms with Crippen LogP contribution in [0.2, 0.25) is 5.02 Å². The van der Waals surface area contributed by atoms with Gasteiger partial charge in [-0.3, -0.25) is 9.88 Å². The molecule has 158 valence electrons. The van der Waals surface area contributed by atoms with E-state index in [1.165, 1.54) is 0 Å². The second-order valence-corrected chi connectivity index (χ2v) is 8.41. The quantitative estimate of drug-likeness (QED) is 0.717. The molecule has 1 unspecified atom stereocenters. The minimum absolute atomic E-state index is 0.203. The third kappa shape index (κ3) is 5.97. The molecule has 1 N–H and O–H groups in total. The number of benzene rings is 1. The molecule has 1 aromatic carbocycles. The summed E-state index contributed by atoms with van der Waals surface area (Å²) < 4.78 is 5.12. The Labute approximate surface area is 178 Å². The van der Waals surface area contributed by atoms with Crippen LogP contribution in [0, 0.1) is 5.92 Å². The zero-order valence-corrected chi connectivity index (χ0v) is 18.3. The molecule has 0 saturated carbocycles. The first kappa shape index (κ1) is 21.7. The fourth-order valence-corrected chi connectivity index (χ4v) is 4.02. The first-order valence-corrected chi connectivity index (χ1v) is 10.8. The number of halogens is 1. The SMILES string of the molecule is CCOC(=O)N1CCN(CC(CC(C)C)Nc2ccnc3cc(Cl)ccc23)CC1. The van der Waals surface area contributed by atoms with Gasteiger partial charge in [0.05, 0.1) is 12.1 Å². The minimum Gasteiger partial charge on any atom is -0.450 e. The van der Waals surface area contributed by atoms with Gasteiger partial charge >= 0.3 is 6.09 Å². The van der Waals surface area contributed by atoms with E-state index >= 15 is 0 Å². The summed E-state index contributed by atoms with van der Waals surface area (Å²) in [5, 5.41) is 5.52. The highest BCUT2D eigenvalue weighted by Crippen LogP contribution is 2.26. The van der Waals surface area contributed by atoms with Crippen LogP contribution in [0.25, 0.3) is 10.9 Å². The summed E-state index contributed by atoms with van der Waals surface area (Å²) in [7, 11) is 0. The Hall–Kier alpha value is -2.05. The van der Waals surface area contributed by atoms with Crippen molar-refractivity contribution in [2.75, 3.05) is 44.6 Å². The summed E-state index contributed by atoms with van der Waals surface area (Å²) in [6.45, 7) is 10.8. The maximum Gasteiger partial charge on any atom is 0.409 e. The van der Waals surface area contributed by atoms with E-state index < -0.39 is 0 Å². The predicted octanol–water partition coefficient (Wildman–Crippen LogP) is 4.49. The summed E-state index contributed by atoms with van der Waals surface area (Å²) in [6, 6.07) is 8.17. The molecule has 29 heavy (non-hydrogen) atoms. The Morgan fingerprint density at radius 1 is 1.24 bits per heavy atom. The number of hydrogen-bond acceptors (Lipinski definition) is 5. The highest BCUT2D eigenvalue weighted by atomic mass is 35.5. The fraction of sp³-hybridized carbons (Fsp3) is 0.545. The molecule has 3 rings (SSSR count). The lowest BCUT2D eigenvalue weighted by atomic mass is 10.0. The van der Waals surface area contributed by atoms with Crippen LogP contribution in [0.15, 0.2) is 30.5 Å². The number of carbonyl (C=O) groups excluding carboxylic acids is 1. The molecule has 2 heterocycles. The Morgan fingerprint density at radius 2 is 2.00 bits per heavy atom.